The maximum Gasteiger partial charge on any atom is 0.341 e. The normalized spacial score (nSPS) is 16.3. The molecule has 12 nitrogen and oxygen atoms in total. The van der Waals surface area contributed by atoms with E-state index in [-0.39, 0.29) is 49.0 Å². The number of hydrogen-bond donors (Lipinski definition) is 0. The van der Waals surface area contributed by atoms with Crippen molar-refractivity contribution in [2.75, 3.05) is 31.2 Å². The molecule has 2 aromatic carbocycles. The Morgan fingerprint density at radius 1 is 0.821 bits per heavy atom. The molecule has 3 unspecified atom stereocenters. The molecule has 0 aliphatic carbocycles. The Kier molecular flexibility index (Phi) is 16.4. The highest BCUT2D eigenvalue weighted by Crippen LogP contribution is 2.54. The molecule has 0 spiro atoms. The number of aryl methyl sites for hydroxylation is 1. The van der Waals surface area contributed by atoms with E-state index in [9.17, 15) is 19.2 Å². The van der Waals surface area contributed by atoms with Gasteiger partial charge in [-0.1, -0.05) is 93.9 Å². The molecule has 0 N–H and O–H groups in total. The Morgan fingerprint density at radius 3 is 2.12 bits per heavy atom. The van der Waals surface area contributed by atoms with Gasteiger partial charge in [-0.2, -0.15) is 0 Å². The van der Waals surface area contributed by atoms with Gasteiger partial charge in [-0.3, -0.25) is 19.4 Å². The number of fused-ring (bicyclic) bond motifs is 2. The zero-order valence-electron chi connectivity index (χ0n) is 43.0. The largest absolute Gasteiger partial charge is 0.489 e. The molecule has 3 heterocycles. The van der Waals surface area contributed by atoms with Crippen LogP contribution in [0, 0.1) is 28.6 Å². The number of benzene rings is 2. The molecule has 0 saturated heterocycles. The van der Waals surface area contributed by atoms with Crippen LogP contribution in [-0.4, -0.2) is 71.9 Å². The molecule has 0 fully saturated rings. The lowest BCUT2D eigenvalue weighted by Gasteiger charge is -2.50. The van der Waals surface area contributed by atoms with E-state index in [2.05, 4.69) is 106 Å². The highest BCUT2D eigenvalue weighted by Gasteiger charge is 2.54. The summed E-state index contributed by atoms with van der Waals surface area (Å²) >= 11 is 0. The molecule has 5 rings (SSSR count). The molecule has 0 radical (unpaired) electrons. The number of anilines is 1. The number of para-hydroxylation sites is 1. The van der Waals surface area contributed by atoms with Crippen molar-refractivity contribution in [3.8, 4) is 5.75 Å². The van der Waals surface area contributed by atoms with Gasteiger partial charge in [0.05, 0.1) is 18.4 Å². The molecule has 2 aromatic heterocycles. The Bertz CT molecular complexity index is 2400. The molecule has 0 amide bonds. The molecule has 0 saturated carbocycles. The topological polar surface area (TPSA) is 135 Å². The van der Waals surface area contributed by atoms with Gasteiger partial charge in [0, 0.05) is 77.6 Å². The van der Waals surface area contributed by atoms with Gasteiger partial charge in [-0.05, 0) is 87.1 Å². The molecule has 1 aliphatic rings. The summed E-state index contributed by atoms with van der Waals surface area (Å²) in [5.74, 6) is -1.39. The summed E-state index contributed by atoms with van der Waals surface area (Å²) in [4.78, 5) is 60.0. The predicted octanol–water partition coefficient (Wildman–Crippen LogP) is 11.5. The van der Waals surface area contributed by atoms with Crippen LogP contribution in [0.5, 0.6) is 5.75 Å². The second kappa shape index (κ2) is 20.9. The van der Waals surface area contributed by atoms with E-state index in [4.69, 9.17) is 28.7 Å². The number of cyclic esters (lactones) is 1. The number of rotatable bonds is 22. The first-order chi connectivity index (χ1) is 31.4. The van der Waals surface area contributed by atoms with Gasteiger partial charge >= 0.3 is 23.9 Å². The molecule has 3 atom stereocenters. The van der Waals surface area contributed by atoms with Gasteiger partial charge in [0.2, 0.25) is 5.60 Å². The quantitative estimate of drug-likeness (QED) is 0.0423. The van der Waals surface area contributed by atoms with Crippen molar-refractivity contribution in [2.45, 2.75) is 160 Å². The Labute approximate surface area is 399 Å². The third-order valence-electron chi connectivity index (χ3n) is 14.6. The number of aromatic nitrogens is 2. The lowest BCUT2D eigenvalue weighted by atomic mass is 9.59. The van der Waals surface area contributed by atoms with E-state index in [0.717, 1.165) is 47.4 Å². The van der Waals surface area contributed by atoms with Crippen molar-refractivity contribution in [1.29, 1.82) is 0 Å². The number of pyridine rings is 1. The number of ether oxygens (including phenoxy) is 5. The van der Waals surface area contributed by atoms with Crippen molar-refractivity contribution in [3.05, 3.63) is 88.9 Å². The van der Waals surface area contributed by atoms with Crippen LogP contribution in [0.25, 0.3) is 10.9 Å². The first kappa shape index (κ1) is 52.6. The second-order valence-corrected chi connectivity index (χ2v) is 21.1. The smallest absolute Gasteiger partial charge is 0.341 e. The molecule has 12 heteroatoms. The molecule has 1 aliphatic heterocycles. The zero-order valence-corrected chi connectivity index (χ0v) is 43.0. The molecule has 0 bridgehead atoms. The van der Waals surface area contributed by atoms with Gasteiger partial charge in [-0.15, -0.1) is 0 Å². The lowest BCUT2D eigenvalue weighted by molar-refractivity contribution is -0.171. The van der Waals surface area contributed by atoms with Crippen molar-refractivity contribution in [3.63, 3.8) is 0 Å². The maximum atomic E-state index is 13.9. The number of nitrogens with zero attached hydrogens (tertiary/aromatic N) is 3. The first-order valence-corrected chi connectivity index (χ1v) is 24.2. The van der Waals surface area contributed by atoms with E-state index < -0.39 is 40.4 Å². The van der Waals surface area contributed by atoms with Gasteiger partial charge in [0.15, 0.2) is 0 Å². The Morgan fingerprint density at radius 2 is 1.49 bits per heavy atom. The summed E-state index contributed by atoms with van der Waals surface area (Å²) < 4.78 is 33.3. The van der Waals surface area contributed by atoms with Crippen LogP contribution < -0.4 is 9.64 Å². The van der Waals surface area contributed by atoms with Gasteiger partial charge < -0.3 is 33.2 Å². The summed E-state index contributed by atoms with van der Waals surface area (Å²) in [5, 5.41) is 0.931. The standard InChI is InChI=1S/C55H77N3O9/c1-16-52(10,11)34-45(54(14,15)53(12,13)35-44(51(7,8)9)65-37(6)59)66-47(61)29-28-46(60)64-32-31-63-43-33-38(57(17-2)18-3)26-27-41(43)55(49-40(50(62)67-55)24-22-30-56-49)48-36(5)58(19-4)42-25-21-20-23-39(42)48/h20-27,30,33,44-45H,16-19,28-29,31-32,34-35H2,1-15H3. The predicted molar refractivity (Wildman–Crippen MR) is 263 cm³/mol. The van der Waals surface area contributed by atoms with E-state index >= 15 is 0 Å². The van der Waals surface area contributed by atoms with Crippen LogP contribution in [-0.2, 0) is 45.5 Å². The Hall–Kier alpha value is -5.39. The Balaban J connectivity index is 1.37. The third kappa shape index (κ3) is 11.2. The summed E-state index contributed by atoms with van der Waals surface area (Å²) in [6.45, 7) is 33.0. The minimum Gasteiger partial charge on any atom is -0.489 e. The first-order valence-electron chi connectivity index (χ1n) is 24.2. The zero-order chi connectivity index (χ0) is 49.7. The summed E-state index contributed by atoms with van der Waals surface area (Å²) in [5.41, 5.74) is 2.24. The minimum absolute atomic E-state index is 0.0138. The highest BCUT2D eigenvalue weighted by molar-refractivity contribution is 5.98. The van der Waals surface area contributed by atoms with E-state index in [0.29, 0.717) is 42.0 Å². The second-order valence-electron chi connectivity index (χ2n) is 21.1. The molecule has 366 valence electrons. The van der Waals surface area contributed by atoms with Gasteiger partial charge in [-0.25, -0.2) is 4.79 Å². The SMILES string of the molecule is CCN(CC)c1ccc(C2(c3c(C)n(CC)c4ccccc34)OC(=O)c3cccnc32)c(OCCOC(=O)CCC(=O)OC(CC(C)(C)CC)C(C)(C)C(C)(C)CC(OC(C)=O)C(C)(C)C)c1. The minimum atomic E-state index is -1.46. The summed E-state index contributed by atoms with van der Waals surface area (Å²) in [6.07, 6.45) is 2.58. The van der Waals surface area contributed by atoms with Gasteiger partial charge in [0.1, 0.15) is 36.9 Å². The number of hydrogen-bond acceptors (Lipinski definition) is 11. The molecule has 67 heavy (non-hydrogen) atoms. The van der Waals surface area contributed by atoms with E-state index in [1.807, 2.05) is 43.3 Å². The fourth-order valence-corrected chi connectivity index (χ4v) is 9.35. The van der Waals surface area contributed by atoms with Crippen molar-refractivity contribution in [1.82, 2.24) is 9.55 Å². The fraction of sp³-hybridized carbons (Fsp3) is 0.582. The van der Waals surface area contributed by atoms with Crippen molar-refractivity contribution < 1.29 is 42.9 Å². The summed E-state index contributed by atoms with van der Waals surface area (Å²) in [7, 11) is 0. The average molecular weight is 924 g/mol. The highest BCUT2D eigenvalue weighted by atomic mass is 16.6. The number of esters is 4. The van der Waals surface area contributed by atoms with Crippen LogP contribution in [0.3, 0.4) is 0 Å². The fourth-order valence-electron chi connectivity index (χ4n) is 9.35. The molecular formula is C55H77N3O9. The third-order valence-corrected chi connectivity index (χ3v) is 14.6. The maximum absolute atomic E-state index is 13.9. The lowest BCUT2D eigenvalue weighted by Crippen LogP contribution is -2.49. The molecule has 4 aromatic rings. The molecular weight excluding hydrogens is 847 g/mol. The van der Waals surface area contributed by atoms with Crippen LogP contribution >= 0.6 is 0 Å². The van der Waals surface area contributed by atoms with Crippen LogP contribution in [0.4, 0.5) is 5.69 Å². The average Bonchev–Trinajstić information content (AvgIpc) is 3.73. The van der Waals surface area contributed by atoms with Gasteiger partial charge in [0.25, 0.3) is 0 Å². The van der Waals surface area contributed by atoms with Crippen LogP contribution in [0.2, 0.25) is 0 Å². The van der Waals surface area contributed by atoms with E-state index in [1.165, 1.54) is 6.92 Å². The van der Waals surface area contributed by atoms with E-state index in [1.54, 1.807) is 18.3 Å². The van der Waals surface area contributed by atoms with Crippen molar-refractivity contribution in [2.24, 2.45) is 21.7 Å². The monoisotopic (exact) mass is 924 g/mol. The van der Waals surface area contributed by atoms with Crippen LogP contribution in [0.15, 0.2) is 60.8 Å². The number of carbonyl (C=O) groups excluding carboxylic acids is 4. The van der Waals surface area contributed by atoms with Crippen molar-refractivity contribution >= 4 is 40.5 Å². The van der Waals surface area contributed by atoms with Crippen LogP contribution in [0.1, 0.15) is 162 Å². The number of carbonyl (C=O) groups is 4. The summed E-state index contributed by atoms with van der Waals surface area (Å²) in [6, 6.07) is 17.5.